The minimum Gasteiger partial charge on any atom is -1.00 e. The minimum atomic E-state index is -0.634. The van der Waals surface area contributed by atoms with E-state index in [0.717, 1.165) is 24.2 Å². The SMILES string of the molecule is CCOC1(OC2=[C-]CC=C2)CC=C(C)C=C1C.[Cl-].[Cl-].[Ti+3]. The first kappa shape index (κ1) is 22.3. The van der Waals surface area contributed by atoms with Gasteiger partial charge >= 0.3 is 21.7 Å². The first-order valence-corrected chi connectivity index (χ1v) is 6.12. The summed E-state index contributed by atoms with van der Waals surface area (Å²) >= 11 is 0. The molecule has 109 valence electrons. The van der Waals surface area contributed by atoms with E-state index in [1.807, 2.05) is 19.1 Å². The summed E-state index contributed by atoms with van der Waals surface area (Å²) in [6.07, 6.45) is 13.0. The van der Waals surface area contributed by atoms with E-state index < -0.39 is 5.79 Å². The number of hydrogen-bond donors (Lipinski definition) is 0. The molecule has 0 heterocycles. The smallest absolute Gasteiger partial charge is 1.00 e. The molecule has 0 aliphatic heterocycles. The molecule has 1 atom stereocenters. The zero-order valence-electron chi connectivity index (χ0n) is 12.0. The fraction of sp³-hybridized carbons (Fsp3) is 0.467. The molecular formula is C15H19Cl2O2Ti. The molecule has 0 saturated heterocycles. The van der Waals surface area contributed by atoms with Crippen molar-refractivity contribution in [2.75, 3.05) is 6.61 Å². The van der Waals surface area contributed by atoms with Gasteiger partial charge in [0.2, 0.25) is 5.79 Å². The molecule has 20 heavy (non-hydrogen) atoms. The van der Waals surface area contributed by atoms with Crippen molar-refractivity contribution in [1.29, 1.82) is 0 Å². The average molecular weight is 350 g/mol. The molecule has 0 bridgehead atoms. The number of halogens is 2. The molecule has 2 nitrogen and oxygen atoms in total. The third-order valence-electron chi connectivity index (χ3n) is 3.05. The standard InChI is InChI=1S/C15H19O2.2ClH.Ti/c1-4-16-15(17-14-7-5-6-8-14)10-9-12(2)11-13(15)3;;;/h5,7,9,11H,4,6,10H2,1-3H3;2*1H;/q-1;;;+3/p-2. The molecule has 0 N–H and O–H groups in total. The Kier molecular flexibility index (Phi) is 11.0. The second-order valence-electron chi connectivity index (χ2n) is 4.42. The van der Waals surface area contributed by atoms with Crippen LogP contribution in [0.25, 0.3) is 0 Å². The molecule has 5 heteroatoms. The largest absolute Gasteiger partial charge is 3.00 e. The second-order valence-corrected chi connectivity index (χ2v) is 4.42. The quantitative estimate of drug-likeness (QED) is 0.322. The van der Waals surface area contributed by atoms with Crippen LogP contribution in [-0.4, -0.2) is 12.4 Å². The number of allylic oxidation sites excluding steroid dienone is 5. The van der Waals surface area contributed by atoms with Gasteiger partial charge in [0.05, 0.1) is 0 Å². The molecule has 2 rings (SSSR count). The number of rotatable bonds is 4. The van der Waals surface area contributed by atoms with Crippen LogP contribution in [0.2, 0.25) is 0 Å². The summed E-state index contributed by atoms with van der Waals surface area (Å²) in [6, 6.07) is 0. The van der Waals surface area contributed by atoms with Crippen molar-refractivity contribution in [3.8, 4) is 0 Å². The van der Waals surface area contributed by atoms with E-state index in [0.29, 0.717) is 6.61 Å². The van der Waals surface area contributed by atoms with Gasteiger partial charge in [0.1, 0.15) is 0 Å². The monoisotopic (exact) mass is 349 g/mol. The summed E-state index contributed by atoms with van der Waals surface area (Å²) < 4.78 is 11.9. The van der Waals surface area contributed by atoms with E-state index in [9.17, 15) is 0 Å². The van der Waals surface area contributed by atoms with Crippen molar-refractivity contribution >= 4 is 0 Å². The van der Waals surface area contributed by atoms with Crippen molar-refractivity contribution in [1.82, 2.24) is 0 Å². The van der Waals surface area contributed by atoms with E-state index >= 15 is 0 Å². The maximum Gasteiger partial charge on any atom is 3.00 e. The van der Waals surface area contributed by atoms with Crippen LogP contribution in [-0.2, 0) is 31.2 Å². The van der Waals surface area contributed by atoms with Gasteiger partial charge in [-0.3, -0.25) is 0 Å². The molecule has 0 amide bonds. The van der Waals surface area contributed by atoms with Crippen molar-refractivity contribution in [2.24, 2.45) is 0 Å². The summed E-state index contributed by atoms with van der Waals surface area (Å²) in [6.45, 7) is 6.78. The summed E-state index contributed by atoms with van der Waals surface area (Å²) in [5.74, 6) is 0.157. The molecular weight excluding hydrogens is 331 g/mol. The summed E-state index contributed by atoms with van der Waals surface area (Å²) in [5, 5.41) is 0. The van der Waals surface area contributed by atoms with Crippen LogP contribution >= 0.6 is 0 Å². The summed E-state index contributed by atoms with van der Waals surface area (Å²) in [7, 11) is 0. The van der Waals surface area contributed by atoms with E-state index in [4.69, 9.17) is 9.47 Å². The number of ether oxygens (including phenoxy) is 2. The normalized spacial score (nSPS) is 23.4. The zero-order chi connectivity index (χ0) is 12.3. The number of hydrogen-bond acceptors (Lipinski definition) is 2. The molecule has 1 unspecified atom stereocenters. The molecule has 0 aromatic rings. The van der Waals surface area contributed by atoms with E-state index in [2.05, 4.69) is 32.1 Å². The first-order valence-electron chi connectivity index (χ1n) is 6.12. The maximum absolute atomic E-state index is 6.02. The Bertz CT molecular complexity index is 428. The van der Waals surface area contributed by atoms with Gasteiger partial charge in [0, 0.05) is 13.0 Å². The molecule has 0 aromatic carbocycles. The van der Waals surface area contributed by atoms with Gasteiger partial charge in [-0.1, -0.05) is 17.7 Å². The van der Waals surface area contributed by atoms with E-state index in [1.165, 1.54) is 5.57 Å². The van der Waals surface area contributed by atoms with Gasteiger partial charge in [-0.25, -0.2) is 6.08 Å². The van der Waals surface area contributed by atoms with E-state index in [1.54, 1.807) is 0 Å². The van der Waals surface area contributed by atoms with Crippen LogP contribution in [0, 0.1) is 6.08 Å². The molecule has 1 radical (unpaired) electrons. The van der Waals surface area contributed by atoms with Gasteiger partial charge in [-0.2, -0.15) is 12.2 Å². The van der Waals surface area contributed by atoms with Crippen molar-refractivity contribution in [2.45, 2.75) is 39.4 Å². The first-order chi connectivity index (χ1) is 8.16. The Labute approximate surface area is 149 Å². The Hall–Kier alpha value is 0.0143. The van der Waals surface area contributed by atoms with Gasteiger partial charge in [0.15, 0.2) is 0 Å². The zero-order valence-corrected chi connectivity index (χ0v) is 15.1. The Morgan fingerprint density at radius 1 is 1.30 bits per heavy atom. The van der Waals surface area contributed by atoms with Crippen LogP contribution in [0.15, 0.2) is 41.2 Å². The Morgan fingerprint density at radius 3 is 2.50 bits per heavy atom. The van der Waals surface area contributed by atoms with Crippen LogP contribution in [0.4, 0.5) is 0 Å². The van der Waals surface area contributed by atoms with E-state index in [-0.39, 0.29) is 46.5 Å². The maximum atomic E-state index is 6.02. The molecule has 2 aliphatic rings. The molecule has 0 fully saturated rings. The Balaban J connectivity index is 0. The average Bonchev–Trinajstić information content (AvgIpc) is 2.77. The predicted octanol–water partition coefficient (Wildman–Crippen LogP) is -2.32. The topological polar surface area (TPSA) is 18.5 Å². The molecule has 0 saturated carbocycles. The minimum absolute atomic E-state index is 0. The van der Waals surface area contributed by atoms with Crippen molar-refractivity contribution < 1.29 is 56.0 Å². The molecule has 0 aromatic heterocycles. The van der Waals surface area contributed by atoms with Crippen molar-refractivity contribution in [3.05, 3.63) is 47.3 Å². The van der Waals surface area contributed by atoms with Gasteiger partial charge in [-0.15, -0.1) is 6.42 Å². The summed E-state index contributed by atoms with van der Waals surface area (Å²) in [4.78, 5) is 0. The third-order valence-corrected chi connectivity index (χ3v) is 3.05. The Morgan fingerprint density at radius 2 is 2.00 bits per heavy atom. The van der Waals surface area contributed by atoms with Crippen LogP contribution < -0.4 is 24.8 Å². The van der Waals surface area contributed by atoms with Gasteiger partial charge in [0.25, 0.3) is 0 Å². The van der Waals surface area contributed by atoms with Crippen LogP contribution in [0.1, 0.15) is 33.6 Å². The predicted molar refractivity (Wildman–Crippen MR) is 68.1 cm³/mol. The fourth-order valence-corrected chi connectivity index (χ4v) is 2.16. The van der Waals surface area contributed by atoms with Crippen LogP contribution in [0.3, 0.4) is 0 Å². The fourth-order valence-electron chi connectivity index (χ4n) is 2.16. The molecule has 2 aliphatic carbocycles. The summed E-state index contributed by atoms with van der Waals surface area (Å²) in [5.41, 5.74) is 2.38. The second kappa shape index (κ2) is 9.86. The third kappa shape index (κ3) is 5.09. The van der Waals surface area contributed by atoms with Crippen LogP contribution in [0.5, 0.6) is 0 Å². The van der Waals surface area contributed by atoms with Gasteiger partial charge in [-0.05, 0) is 32.1 Å². The van der Waals surface area contributed by atoms with Gasteiger partial charge < -0.3 is 34.3 Å². The van der Waals surface area contributed by atoms with Crippen molar-refractivity contribution in [3.63, 3.8) is 0 Å². The molecule has 0 spiro atoms.